The van der Waals surface area contributed by atoms with E-state index in [0.717, 1.165) is 4.31 Å². The van der Waals surface area contributed by atoms with Crippen molar-refractivity contribution in [2.45, 2.75) is 38.7 Å². The summed E-state index contributed by atoms with van der Waals surface area (Å²) < 4.78 is 27.0. The van der Waals surface area contributed by atoms with Crippen LogP contribution in [-0.2, 0) is 15.0 Å². The van der Waals surface area contributed by atoms with Crippen molar-refractivity contribution in [1.29, 1.82) is 5.26 Å². The molecule has 1 heterocycles. The molecular weight excluding hydrogens is 310 g/mol. The third kappa shape index (κ3) is 3.41. The minimum absolute atomic E-state index is 0.0481. The Labute approximate surface area is 131 Å². The topological polar surface area (TPSA) is 122 Å². The first-order chi connectivity index (χ1) is 9.99. The zero-order chi connectivity index (χ0) is 17.2. The highest BCUT2D eigenvalue weighted by atomic mass is 32.2. The second-order valence-corrected chi connectivity index (χ2v) is 8.13. The molecule has 0 atom stereocenters. The number of rotatable bonds is 6. The first kappa shape index (κ1) is 18.8. The number of piperidine rings is 1. The molecule has 0 radical (unpaired) electrons. The van der Waals surface area contributed by atoms with Crippen LogP contribution < -0.4 is 0 Å². The highest BCUT2D eigenvalue weighted by Gasteiger charge is 2.51. The summed E-state index contributed by atoms with van der Waals surface area (Å²) in [5.41, 5.74) is -2.80. The number of nitrogens with zero attached hydrogens (tertiary/aromatic N) is 3. The summed E-state index contributed by atoms with van der Waals surface area (Å²) in [5, 5.41) is 28.3. The molecule has 22 heavy (non-hydrogen) atoms. The highest BCUT2D eigenvalue weighted by molar-refractivity contribution is 7.86. The molecule has 9 heteroatoms. The number of hydrogen-bond acceptors (Lipinski definition) is 5. The maximum atomic E-state index is 12.3. The van der Waals surface area contributed by atoms with Gasteiger partial charge in [-0.15, -0.1) is 0 Å². The van der Waals surface area contributed by atoms with E-state index < -0.39 is 27.2 Å². The molecule has 1 aliphatic rings. The van der Waals surface area contributed by atoms with E-state index in [2.05, 4.69) is 0 Å². The van der Waals surface area contributed by atoms with Gasteiger partial charge in [0.2, 0.25) is 0 Å². The van der Waals surface area contributed by atoms with Crippen molar-refractivity contribution >= 4 is 16.2 Å². The highest BCUT2D eigenvalue weighted by Crippen LogP contribution is 2.40. The number of aliphatic hydroxyl groups is 1. The molecule has 1 saturated heterocycles. The fourth-order valence-electron chi connectivity index (χ4n) is 2.43. The van der Waals surface area contributed by atoms with Gasteiger partial charge in [0.1, 0.15) is 0 Å². The lowest BCUT2D eigenvalue weighted by molar-refractivity contribution is -0.169. The zero-order valence-corrected chi connectivity index (χ0v) is 13.9. The van der Waals surface area contributed by atoms with Crippen LogP contribution in [0, 0.1) is 16.7 Å². The Morgan fingerprint density at radius 1 is 1.41 bits per heavy atom. The molecule has 1 aliphatic heterocycles. The molecule has 0 aromatic heterocycles. The van der Waals surface area contributed by atoms with E-state index in [1.54, 1.807) is 0 Å². The van der Waals surface area contributed by atoms with Crippen molar-refractivity contribution in [2.24, 2.45) is 5.41 Å². The minimum atomic E-state index is -3.69. The summed E-state index contributed by atoms with van der Waals surface area (Å²) in [4.78, 5) is 11.3. The molecule has 1 rings (SSSR count). The van der Waals surface area contributed by atoms with Crippen LogP contribution in [0.1, 0.15) is 33.1 Å². The Morgan fingerprint density at radius 3 is 2.32 bits per heavy atom. The Kier molecular flexibility index (Phi) is 5.56. The molecule has 0 aliphatic carbocycles. The van der Waals surface area contributed by atoms with Crippen LogP contribution in [0.15, 0.2) is 0 Å². The van der Waals surface area contributed by atoms with Gasteiger partial charge in [-0.25, -0.2) is 0 Å². The SMILES string of the molecule is CN(CCC#N)S(=O)(=O)N1CCC(O)(C(C)(C)C(=O)O)CC1. The fourth-order valence-corrected chi connectivity index (χ4v) is 3.79. The van der Waals surface area contributed by atoms with E-state index in [-0.39, 0.29) is 38.9 Å². The Morgan fingerprint density at radius 2 is 1.91 bits per heavy atom. The van der Waals surface area contributed by atoms with Gasteiger partial charge in [0, 0.05) is 33.1 Å². The summed E-state index contributed by atoms with van der Waals surface area (Å²) in [6.07, 6.45) is 0.203. The molecule has 0 saturated carbocycles. The van der Waals surface area contributed by atoms with Gasteiger partial charge in [0.15, 0.2) is 0 Å². The van der Waals surface area contributed by atoms with E-state index in [4.69, 9.17) is 5.26 Å². The monoisotopic (exact) mass is 333 g/mol. The van der Waals surface area contributed by atoms with Crippen LogP contribution >= 0.6 is 0 Å². The summed E-state index contributed by atoms with van der Waals surface area (Å²) >= 11 is 0. The quantitative estimate of drug-likeness (QED) is 0.706. The predicted octanol–water partition coefficient (Wildman–Crippen LogP) is 0.0144. The molecule has 2 N–H and O–H groups in total. The number of hydrogen-bond donors (Lipinski definition) is 2. The van der Waals surface area contributed by atoms with Crippen LogP contribution in [-0.4, -0.2) is 65.5 Å². The Balaban J connectivity index is 2.81. The second kappa shape index (κ2) is 6.50. The van der Waals surface area contributed by atoms with Crippen molar-refractivity contribution in [3.63, 3.8) is 0 Å². The second-order valence-electron chi connectivity index (χ2n) is 6.10. The van der Waals surface area contributed by atoms with Crippen molar-refractivity contribution < 1.29 is 23.4 Å². The third-order valence-corrected chi connectivity index (χ3v) is 6.49. The van der Waals surface area contributed by atoms with Gasteiger partial charge < -0.3 is 10.2 Å². The van der Waals surface area contributed by atoms with Crippen LogP contribution in [0.5, 0.6) is 0 Å². The van der Waals surface area contributed by atoms with Crippen LogP contribution in [0.4, 0.5) is 0 Å². The lowest BCUT2D eigenvalue weighted by Gasteiger charge is -2.45. The normalized spacial score (nSPS) is 19.8. The zero-order valence-electron chi connectivity index (χ0n) is 13.1. The standard InChI is InChI=1S/C13H23N3O5S/c1-12(2,11(17)18)13(19)5-9-16(10-6-13)22(20,21)15(3)8-4-7-14/h19H,4-6,8-10H2,1-3H3,(H,17,18). The molecule has 0 aromatic carbocycles. The molecule has 0 aromatic rings. The van der Waals surface area contributed by atoms with Crippen molar-refractivity contribution in [2.75, 3.05) is 26.7 Å². The molecule has 1 fully saturated rings. The lowest BCUT2D eigenvalue weighted by Crippen LogP contribution is -2.57. The first-order valence-corrected chi connectivity index (χ1v) is 8.43. The first-order valence-electron chi connectivity index (χ1n) is 7.03. The number of carboxylic acids is 1. The molecule has 126 valence electrons. The van der Waals surface area contributed by atoms with Crippen molar-refractivity contribution in [3.8, 4) is 6.07 Å². The van der Waals surface area contributed by atoms with Gasteiger partial charge in [-0.3, -0.25) is 4.79 Å². The van der Waals surface area contributed by atoms with E-state index in [1.165, 1.54) is 25.2 Å². The van der Waals surface area contributed by atoms with Crippen LogP contribution in [0.25, 0.3) is 0 Å². The third-order valence-electron chi connectivity index (χ3n) is 4.51. The Hall–Kier alpha value is -1.21. The predicted molar refractivity (Wildman–Crippen MR) is 79.0 cm³/mol. The maximum Gasteiger partial charge on any atom is 0.312 e. The van der Waals surface area contributed by atoms with Gasteiger partial charge in [-0.05, 0) is 26.7 Å². The number of carbonyl (C=O) groups is 1. The summed E-state index contributed by atoms with van der Waals surface area (Å²) in [6.45, 7) is 3.08. The van der Waals surface area contributed by atoms with E-state index >= 15 is 0 Å². The molecule has 0 amide bonds. The molecule has 0 spiro atoms. The minimum Gasteiger partial charge on any atom is -0.481 e. The molecule has 0 bridgehead atoms. The average molecular weight is 333 g/mol. The summed E-state index contributed by atoms with van der Waals surface area (Å²) in [7, 11) is -2.30. The smallest absolute Gasteiger partial charge is 0.312 e. The fraction of sp³-hybridized carbons (Fsp3) is 0.846. The molecule has 0 unspecified atom stereocenters. The largest absolute Gasteiger partial charge is 0.481 e. The number of carboxylic acid groups (broad SMARTS) is 1. The maximum absolute atomic E-state index is 12.3. The van der Waals surface area contributed by atoms with Crippen molar-refractivity contribution in [1.82, 2.24) is 8.61 Å². The van der Waals surface area contributed by atoms with Gasteiger partial charge in [-0.1, -0.05) is 0 Å². The average Bonchev–Trinajstić information content (AvgIpc) is 2.44. The van der Waals surface area contributed by atoms with Crippen molar-refractivity contribution in [3.05, 3.63) is 0 Å². The van der Waals surface area contributed by atoms with E-state index in [9.17, 15) is 23.4 Å². The number of aliphatic carboxylic acids is 1. The van der Waals surface area contributed by atoms with Gasteiger partial charge in [0.25, 0.3) is 10.2 Å². The molecule has 8 nitrogen and oxygen atoms in total. The number of nitriles is 1. The van der Waals surface area contributed by atoms with E-state index in [1.807, 2.05) is 6.07 Å². The summed E-state index contributed by atoms with van der Waals surface area (Å²) in [5.74, 6) is -1.11. The van der Waals surface area contributed by atoms with Gasteiger partial charge in [0.05, 0.1) is 17.1 Å². The van der Waals surface area contributed by atoms with E-state index in [0.29, 0.717) is 0 Å². The summed E-state index contributed by atoms with van der Waals surface area (Å²) in [6, 6.07) is 1.89. The lowest BCUT2D eigenvalue weighted by atomic mass is 9.70. The molecular formula is C13H23N3O5S. The van der Waals surface area contributed by atoms with Gasteiger partial charge in [-0.2, -0.15) is 22.3 Å². The van der Waals surface area contributed by atoms with Crippen LogP contribution in [0.2, 0.25) is 0 Å². The Bertz CT molecular complexity index is 559. The van der Waals surface area contributed by atoms with Gasteiger partial charge >= 0.3 is 5.97 Å². The van der Waals surface area contributed by atoms with Crippen LogP contribution in [0.3, 0.4) is 0 Å².